The van der Waals surface area contributed by atoms with Crippen LogP contribution >= 0.6 is 35.6 Å². The maximum Gasteiger partial charge on any atom is 0.417 e. The Bertz CT molecular complexity index is 827. The van der Waals surface area contributed by atoms with E-state index in [0.717, 1.165) is 43.8 Å². The highest BCUT2D eigenvalue weighted by Gasteiger charge is 2.31. The predicted molar refractivity (Wildman–Crippen MR) is 116 cm³/mol. The van der Waals surface area contributed by atoms with Crippen LogP contribution in [-0.2, 0) is 6.18 Å². The molecule has 0 radical (unpaired) electrons. The van der Waals surface area contributed by atoms with E-state index in [1.165, 1.54) is 6.33 Å². The third-order valence-electron chi connectivity index (χ3n) is 4.59. The maximum absolute atomic E-state index is 12.6. The lowest BCUT2D eigenvalue weighted by molar-refractivity contribution is -0.137. The van der Waals surface area contributed by atoms with Crippen LogP contribution in [0.2, 0.25) is 5.02 Å². The number of H-pyrrole nitrogens is 1. The second-order valence-corrected chi connectivity index (χ2v) is 6.87. The molecule has 0 aliphatic carbocycles. The first kappa shape index (κ1) is 24.4. The number of halogens is 5. The van der Waals surface area contributed by atoms with E-state index in [-0.39, 0.29) is 41.5 Å². The number of aromatic amines is 1. The molecule has 13 heteroatoms. The van der Waals surface area contributed by atoms with E-state index in [1.54, 1.807) is 7.05 Å². The van der Waals surface area contributed by atoms with E-state index < -0.39 is 11.7 Å². The van der Waals surface area contributed by atoms with Crippen molar-refractivity contribution in [1.29, 1.82) is 0 Å². The predicted octanol–water partition coefficient (Wildman–Crippen LogP) is 3.32. The number of hydrogen-bond acceptors (Lipinski definition) is 5. The van der Waals surface area contributed by atoms with E-state index >= 15 is 0 Å². The molecule has 1 saturated heterocycles. The van der Waals surface area contributed by atoms with Gasteiger partial charge in [0.1, 0.15) is 23.8 Å². The van der Waals surface area contributed by atoms with Crippen molar-refractivity contribution in [3.8, 4) is 5.88 Å². The molecule has 0 atom stereocenters. The summed E-state index contributed by atoms with van der Waals surface area (Å²) in [6.07, 6.45) is -0.425. The molecular formula is C17H22ClF3IN7O. The van der Waals surface area contributed by atoms with Gasteiger partial charge in [-0.1, -0.05) is 11.6 Å². The summed E-state index contributed by atoms with van der Waals surface area (Å²) in [7, 11) is 1.69. The van der Waals surface area contributed by atoms with Crippen molar-refractivity contribution in [2.45, 2.75) is 24.9 Å². The smallest absolute Gasteiger partial charge is 0.417 e. The van der Waals surface area contributed by atoms with Crippen molar-refractivity contribution in [2.75, 3.05) is 33.3 Å². The summed E-state index contributed by atoms with van der Waals surface area (Å²) in [6.45, 7) is 2.20. The third kappa shape index (κ3) is 6.33. The van der Waals surface area contributed by atoms with E-state index in [2.05, 4.69) is 35.4 Å². The summed E-state index contributed by atoms with van der Waals surface area (Å²) >= 11 is 5.83. The van der Waals surface area contributed by atoms with Gasteiger partial charge >= 0.3 is 6.18 Å². The zero-order valence-corrected chi connectivity index (χ0v) is 19.2. The van der Waals surface area contributed by atoms with Crippen LogP contribution in [0.3, 0.4) is 0 Å². The van der Waals surface area contributed by atoms with Gasteiger partial charge in [0.25, 0.3) is 0 Å². The monoisotopic (exact) mass is 559 g/mol. The number of guanidine groups is 1. The molecule has 1 aliphatic heterocycles. The quantitative estimate of drug-likeness (QED) is 0.253. The van der Waals surface area contributed by atoms with Gasteiger partial charge in [-0.2, -0.15) is 18.3 Å². The zero-order valence-electron chi connectivity index (χ0n) is 16.1. The second kappa shape index (κ2) is 11.0. The van der Waals surface area contributed by atoms with Crippen LogP contribution in [0.5, 0.6) is 5.88 Å². The summed E-state index contributed by atoms with van der Waals surface area (Å²) in [5.41, 5.74) is -0.915. The van der Waals surface area contributed by atoms with E-state index in [4.69, 9.17) is 16.3 Å². The largest absolute Gasteiger partial charge is 0.475 e. The van der Waals surface area contributed by atoms with Crippen molar-refractivity contribution in [3.63, 3.8) is 0 Å². The molecular weight excluding hydrogens is 538 g/mol. The minimum absolute atomic E-state index is 0. The highest BCUT2D eigenvalue weighted by Crippen LogP contribution is 2.33. The Labute approximate surface area is 193 Å². The SMILES string of the molecule is CN=C(NCCOc1ncc(C(F)(F)F)cc1Cl)N1CCC(c2ncn[nH]2)CC1.I. The number of nitrogens with one attached hydrogen (secondary N) is 2. The molecule has 2 N–H and O–H groups in total. The van der Waals surface area contributed by atoms with Crippen LogP contribution in [0.4, 0.5) is 13.2 Å². The molecule has 3 rings (SSSR count). The van der Waals surface area contributed by atoms with Crippen LogP contribution in [0.15, 0.2) is 23.6 Å². The van der Waals surface area contributed by atoms with Gasteiger partial charge in [-0.25, -0.2) is 9.97 Å². The number of ether oxygens (including phenoxy) is 1. The second-order valence-electron chi connectivity index (χ2n) is 6.46. The topological polar surface area (TPSA) is 91.3 Å². The Morgan fingerprint density at radius 3 is 2.67 bits per heavy atom. The molecule has 1 fully saturated rings. The lowest BCUT2D eigenvalue weighted by atomic mass is 9.96. The molecule has 8 nitrogen and oxygen atoms in total. The van der Waals surface area contributed by atoms with E-state index in [1.807, 2.05) is 0 Å². The molecule has 166 valence electrons. The first-order valence-electron chi connectivity index (χ1n) is 9.05. The highest BCUT2D eigenvalue weighted by molar-refractivity contribution is 14.0. The van der Waals surface area contributed by atoms with Gasteiger partial charge < -0.3 is 15.0 Å². The standard InChI is InChI=1S/C17H21ClF3N7O.HI/c1-22-16(28-5-2-11(3-6-28)14-25-10-26-27-14)23-4-7-29-15-13(18)8-12(9-24-15)17(19,20)21;/h8-11H,2-7H2,1H3,(H,22,23)(H,25,26,27);1H. The Kier molecular flexibility index (Phi) is 8.94. The summed E-state index contributed by atoms with van der Waals surface area (Å²) < 4.78 is 43.3. The van der Waals surface area contributed by atoms with E-state index in [9.17, 15) is 13.2 Å². The number of rotatable bonds is 5. The molecule has 0 bridgehead atoms. The summed E-state index contributed by atoms with van der Waals surface area (Å²) in [5.74, 6) is 1.95. The average Bonchev–Trinajstić information content (AvgIpc) is 3.23. The number of pyridine rings is 1. The first-order valence-corrected chi connectivity index (χ1v) is 9.42. The van der Waals surface area contributed by atoms with Crippen LogP contribution in [0.1, 0.15) is 30.1 Å². The average molecular weight is 560 g/mol. The molecule has 3 heterocycles. The number of aliphatic imine (C=N–C) groups is 1. The van der Waals surface area contributed by atoms with Crippen LogP contribution in [-0.4, -0.2) is 64.3 Å². The lowest BCUT2D eigenvalue weighted by Gasteiger charge is -2.33. The summed E-state index contributed by atoms with van der Waals surface area (Å²) in [4.78, 5) is 14.3. The number of likely N-dealkylation sites (tertiary alicyclic amines) is 1. The fourth-order valence-electron chi connectivity index (χ4n) is 3.11. The minimum atomic E-state index is -4.50. The van der Waals surface area contributed by atoms with Crippen molar-refractivity contribution < 1.29 is 17.9 Å². The summed E-state index contributed by atoms with van der Waals surface area (Å²) in [5, 5.41) is 9.81. The van der Waals surface area contributed by atoms with Gasteiger partial charge in [-0.15, -0.1) is 24.0 Å². The van der Waals surface area contributed by atoms with Gasteiger partial charge in [0.05, 0.1) is 12.1 Å². The number of hydrogen-bond donors (Lipinski definition) is 2. The van der Waals surface area contributed by atoms with Crippen LogP contribution < -0.4 is 10.1 Å². The molecule has 30 heavy (non-hydrogen) atoms. The van der Waals surface area contributed by atoms with Gasteiger partial charge in [0, 0.05) is 32.3 Å². The third-order valence-corrected chi connectivity index (χ3v) is 4.86. The first-order chi connectivity index (χ1) is 13.9. The normalized spacial score (nSPS) is 15.6. The maximum atomic E-state index is 12.6. The van der Waals surface area contributed by atoms with E-state index in [0.29, 0.717) is 18.7 Å². The fourth-order valence-corrected chi connectivity index (χ4v) is 3.33. The Balaban J connectivity index is 0.00000320. The van der Waals surface area contributed by atoms with Crippen LogP contribution in [0, 0.1) is 0 Å². The molecule has 1 aliphatic rings. The lowest BCUT2D eigenvalue weighted by Crippen LogP contribution is -2.46. The molecule has 2 aromatic rings. The Hall–Kier alpha value is -1.83. The van der Waals surface area contributed by atoms with Crippen molar-refractivity contribution in [3.05, 3.63) is 35.0 Å². The molecule has 0 unspecified atom stereocenters. The number of piperidine rings is 1. The molecule has 2 aromatic heterocycles. The fraction of sp³-hybridized carbons (Fsp3) is 0.529. The van der Waals surface area contributed by atoms with Crippen LogP contribution in [0.25, 0.3) is 0 Å². The van der Waals surface area contributed by atoms with Gasteiger partial charge in [-0.3, -0.25) is 10.1 Å². The van der Waals surface area contributed by atoms with Gasteiger partial charge in [0.15, 0.2) is 5.96 Å². The van der Waals surface area contributed by atoms with Crippen molar-refractivity contribution in [2.24, 2.45) is 4.99 Å². The number of alkyl halides is 3. The van der Waals surface area contributed by atoms with Gasteiger partial charge in [-0.05, 0) is 18.9 Å². The number of aromatic nitrogens is 4. The summed E-state index contributed by atoms with van der Waals surface area (Å²) in [6, 6.07) is 0.801. The minimum Gasteiger partial charge on any atom is -0.475 e. The Morgan fingerprint density at radius 1 is 1.37 bits per heavy atom. The van der Waals surface area contributed by atoms with Crippen molar-refractivity contribution in [1.82, 2.24) is 30.4 Å². The molecule has 0 saturated carbocycles. The Morgan fingerprint density at radius 2 is 2.10 bits per heavy atom. The molecule has 0 amide bonds. The molecule has 0 aromatic carbocycles. The zero-order chi connectivity index (χ0) is 20.9. The van der Waals surface area contributed by atoms with Gasteiger partial charge in [0.2, 0.25) is 5.88 Å². The highest BCUT2D eigenvalue weighted by atomic mass is 127. The van der Waals surface area contributed by atoms with Crippen molar-refractivity contribution >= 4 is 41.5 Å². The number of nitrogens with zero attached hydrogens (tertiary/aromatic N) is 5. The molecule has 0 spiro atoms.